The maximum atomic E-state index is 12.9. The van der Waals surface area contributed by atoms with Crippen LogP contribution in [0, 0.1) is 0 Å². The number of nitrogens with one attached hydrogen (secondary N) is 2. The number of hydrogen-bond acceptors (Lipinski definition) is 4. The van der Waals surface area contributed by atoms with Crippen LogP contribution in [-0.4, -0.2) is 39.1 Å². The highest BCUT2D eigenvalue weighted by molar-refractivity contribution is 7.92. The van der Waals surface area contributed by atoms with Crippen molar-refractivity contribution in [3.8, 4) is 0 Å². The quantitative estimate of drug-likeness (QED) is 0.613. The molecule has 2 amide bonds. The molecule has 0 spiro atoms. The first-order valence-electron chi connectivity index (χ1n) is 9.48. The molecule has 0 radical (unpaired) electrons. The Bertz CT molecular complexity index is 945. The van der Waals surface area contributed by atoms with Gasteiger partial charge in [0.25, 0.3) is 5.91 Å². The zero-order valence-electron chi connectivity index (χ0n) is 16.9. The molecule has 0 saturated heterocycles. The van der Waals surface area contributed by atoms with Gasteiger partial charge in [0, 0.05) is 6.54 Å². The second-order valence-electron chi connectivity index (χ2n) is 6.71. The number of unbranched alkanes of at least 4 members (excludes halogenated alkanes) is 1. The molecule has 2 aromatic carbocycles. The maximum absolute atomic E-state index is 12.9. The predicted molar refractivity (Wildman–Crippen MR) is 116 cm³/mol. The SMILES string of the molecule is CCCCNC(=O)c1ccccc1NC(=O)[C@H](C)N(c1ccccc1)S(C)(=O)=O. The number of rotatable bonds is 9. The van der Waals surface area contributed by atoms with E-state index in [4.69, 9.17) is 0 Å². The summed E-state index contributed by atoms with van der Waals surface area (Å²) in [5.74, 6) is -0.821. The third-order valence-corrected chi connectivity index (χ3v) is 5.59. The lowest BCUT2D eigenvalue weighted by molar-refractivity contribution is -0.116. The first kappa shape index (κ1) is 22.4. The molecule has 2 aromatic rings. The van der Waals surface area contributed by atoms with Crippen molar-refractivity contribution < 1.29 is 18.0 Å². The second kappa shape index (κ2) is 10.1. The third-order valence-electron chi connectivity index (χ3n) is 4.34. The van der Waals surface area contributed by atoms with Gasteiger partial charge in [-0.3, -0.25) is 13.9 Å². The van der Waals surface area contributed by atoms with Crippen molar-refractivity contribution in [2.24, 2.45) is 0 Å². The van der Waals surface area contributed by atoms with Crippen molar-refractivity contribution in [2.45, 2.75) is 32.7 Å². The van der Waals surface area contributed by atoms with Crippen molar-refractivity contribution >= 4 is 33.2 Å². The number of nitrogens with zero attached hydrogens (tertiary/aromatic N) is 1. The fourth-order valence-corrected chi connectivity index (χ4v) is 4.06. The van der Waals surface area contributed by atoms with Gasteiger partial charge in [-0.15, -0.1) is 0 Å². The molecular formula is C21H27N3O4S. The van der Waals surface area contributed by atoms with Gasteiger partial charge in [0.2, 0.25) is 15.9 Å². The number of anilines is 2. The standard InChI is InChI=1S/C21H27N3O4S/c1-4-5-15-22-21(26)18-13-9-10-14-19(18)23-20(25)16(2)24(29(3,27)28)17-11-7-6-8-12-17/h6-14,16H,4-5,15H2,1-3H3,(H,22,26)(H,23,25)/t16-/m0/s1. The van der Waals surface area contributed by atoms with Gasteiger partial charge in [-0.2, -0.15) is 0 Å². The van der Waals surface area contributed by atoms with Crippen molar-refractivity contribution in [1.29, 1.82) is 0 Å². The van der Waals surface area contributed by atoms with Gasteiger partial charge in [-0.1, -0.05) is 43.7 Å². The molecule has 0 unspecified atom stereocenters. The minimum atomic E-state index is -3.70. The topological polar surface area (TPSA) is 95.6 Å². The summed E-state index contributed by atoms with van der Waals surface area (Å²) in [5.41, 5.74) is 1.05. The fourth-order valence-electron chi connectivity index (χ4n) is 2.88. The molecule has 0 fully saturated rings. The Morgan fingerprint density at radius 1 is 1.03 bits per heavy atom. The van der Waals surface area contributed by atoms with Crippen LogP contribution < -0.4 is 14.9 Å². The number of carbonyl (C=O) groups is 2. The molecule has 7 nitrogen and oxygen atoms in total. The molecule has 0 heterocycles. The molecule has 1 atom stereocenters. The van der Waals surface area contributed by atoms with E-state index < -0.39 is 22.0 Å². The molecule has 2 rings (SSSR count). The molecule has 156 valence electrons. The first-order valence-corrected chi connectivity index (χ1v) is 11.3. The average Bonchev–Trinajstić information content (AvgIpc) is 2.68. The van der Waals surface area contributed by atoms with E-state index in [1.165, 1.54) is 6.92 Å². The van der Waals surface area contributed by atoms with Crippen LogP contribution in [0.25, 0.3) is 0 Å². The lowest BCUT2D eigenvalue weighted by Gasteiger charge is -2.28. The van der Waals surface area contributed by atoms with Gasteiger partial charge < -0.3 is 10.6 Å². The van der Waals surface area contributed by atoms with E-state index in [0.29, 0.717) is 23.5 Å². The number of para-hydroxylation sites is 2. The smallest absolute Gasteiger partial charge is 0.253 e. The zero-order chi connectivity index (χ0) is 21.4. The van der Waals surface area contributed by atoms with Crippen LogP contribution in [0.1, 0.15) is 37.0 Å². The zero-order valence-corrected chi connectivity index (χ0v) is 17.7. The Labute approximate surface area is 172 Å². The average molecular weight is 418 g/mol. The van der Waals surface area contributed by atoms with Crippen LogP contribution in [0.15, 0.2) is 54.6 Å². The second-order valence-corrected chi connectivity index (χ2v) is 8.57. The summed E-state index contributed by atoms with van der Waals surface area (Å²) < 4.78 is 25.7. The highest BCUT2D eigenvalue weighted by Gasteiger charge is 2.29. The van der Waals surface area contributed by atoms with E-state index in [2.05, 4.69) is 10.6 Å². The van der Waals surface area contributed by atoms with E-state index in [1.807, 2.05) is 6.92 Å². The molecule has 29 heavy (non-hydrogen) atoms. The van der Waals surface area contributed by atoms with Gasteiger partial charge in [-0.25, -0.2) is 8.42 Å². The Morgan fingerprint density at radius 3 is 2.28 bits per heavy atom. The molecule has 0 aromatic heterocycles. The van der Waals surface area contributed by atoms with Crippen LogP contribution in [0.5, 0.6) is 0 Å². The van der Waals surface area contributed by atoms with E-state index in [9.17, 15) is 18.0 Å². The third kappa shape index (κ3) is 6.05. The summed E-state index contributed by atoms with van der Waals surface area (Å²) in [7, 11) is -3.70. The summed E-state index contributed by atoms with van der Waals surface area (Å²) >= 11 is 0. The van der Waals surface area contributed by atoms with E-state index in [-0.39, 0.29) is 5.91 Å². The lowest BCUT2D eigenvalue weighted by atomic mass is 10.1. The summed E-state index contributed by atoms with van der Waals surface area (Å²) in [6.07, 6.45) is 2.87. The van der Waals surface area contributed by atoms with Crippen molar-refractivity contribution in [3.05, 3.63) is 60.2 Å². The summed E-state index contributed by atoms with van der Waals surface area (Å²) in [4.78, 5) is 25.3. The highest BCUT2D eigenvalue weighted by atomic mass is 32.2. The van der Waals surface area contributed by atoms with Crippen LogP contribution in [-0.2, 0) is 14.8 Å². The highest BCUT2D eigenvalue weighted by Crippen LogP contribution is 2.22. The number of amides is 2. The van der Waals surface area contributed by atoms with Crippen LogP contribution in [0.4, 0.5) is 11.4 Å². The minimum Gasteiger partial charge on any atom is -0.352 e. The monoisotopic (exact) mass is 417 g/mol. The molecule has 0 aliphatic rings. The normalized spacial score (nSPS) is 12.1. The van der Waals surface area contributed by atoms with Crippen LogP contribution in [0.2, 0.25) is 0 Å². The Kier molecular flexibility index (Phi) is 7.78. The van der Waals surface area contributed by atoms with Gasteiger partial charge in [0.1, 0.15) is 6.04 Å². The Hall–Kier alpha value is -2.87. The van der Waals surface area contributed by atoms with Gasteiger partial charge in [-0.05, 0) is 37.6 Å². The van der Waals surface area contributed by atoms with E-state index in [1.54, 1.807) is 54.6 Å². The van der Waals surface area contributed by atoms with Crippen molar-refractivity contribution in [1.82, 2.24) is 5.32 Å². The lowest BCUT2D eigenvalue weighted by Crippen LogP contribution is -2.45. The molecule has 0 aliphatic heterocycles. The van der Waals surface area contributed by atoms with Crippen LogP contribution in [0.3, 0.4) is 0 Å². The largest absolute Gasteiger partial charge is 0.352 e. The van der Waals surface area contributed by atoms with Crippen LogP contribution >= 0.6 is 0 Å². The number of sulfonamides is 1. The van der Waals surface area contributed by atoms with E-state index >= 15 is 0 Å². The molecule has 0 aliphatic carbocycles. The van der Waals surface area contributed by atoms with Gasteiger partial charge in [0.15, 0.2) is 0 Å². The van der Waals surface area contributed by atoms with Gasteiger partial charge >= 0.3 is 0 Å². The fraction of sp³-hybridized carbons (Fsp3) is 0.333. The predicted octanol–water partition coefficient (Wildman–Crippen LogP) is 3.01. The Balaban J connectivity index is 2.24. The summed E-state index contributed by atoms with van der Waals surface area (Å²) in [6, 6.07) is 14.1. The maximum Gasteiger partial charge on any atom is 0.253 e. The summed E-state index contributed by atoms with van der Waals surface area (Å²) in [5, 5.41) is 5.52. The van der Waals surface area contributed by atoms with Crippen molar-refractivity contribution in [3.63, 3.8) is 0 Å². The molecule has 8 heteroatoms. The van der Waals surface area contributed by atoms with Crippen molar-refractivity contribution in [2.75, 3.05) is 22.4 Å². The summed E-state index contributed by atoms with van der Waals surface area (Å²) in [6.45, 7) is 4.08. The number of hydrogen-bond donors (Lipinski definition) is 2. The first-order chi connectivity index (χ1) is 13.8. The van der Waals surface area contributed by atoms with E-state index in [0.717, 1.165) is 23.4 Å². The van der Waals surface area contributed by atoms with Gasteiger partial charge in [0.05, 0.1) is 23.2 Å². The molecule has 0 bridgehead atoms. The Morgan fingerprint density at radius 2 is 1.66 bits per heavy atom. The molecular weight excluding hydrogens is 390 g/mol. The number of carbonyl (C=O) groups excluding carboxylic acids is 2. The minimum absolute atomic E-state index is 0.287. The molecule has 0 saturated carbocycles. The number of benzene rings is 2. The molecule has 2 N–H and O–H groups in total.